The molecule has 0 saturated carbocycles. The second kappa shape index (κ2) is 16.2. The Morgan fingerprint density at radius 2 is 1.54 bits per heavy atom. The minimum absolute atomic E-state index is 0.0163. The lowest BCUT2D eigenvalue weighted by molar-refractivity contribution is -0.176. The first-order valence-corrected chi connectivity index (χ1v) is 14.4. The normalized spacial score (nSPS) is 13.0. The number of carbonyl (C=O) groups is 6. The highest BCUT2D eigenvalue weighted by Crippen LogP contribution is 2.36. The molecule has 0 bridgehead atoms. The lowest BCUT2D eigenvalue weighted by Gasteiger charge is -2.33. The monoisotopic (exact) mass is 908 g/mol. The number of hydrogen-bond donors (Lipinski definition) is 2. The first kappa shape index (κ1) is 35.7. The van der Waals surface area contributed by atoms with Crippen LogP contribution in [0.15, 0.2) is 6.07 Å². The van der Waals surface area contributed by atoms with Gasteiger partial charge in [-0.15, -0.1) is 0 Å². The van der Waals surface area contributed by atoms with Gasteiger partial charge in [-0.2, -0.15) is 0 Å². The standard InChI is InChI=1S/C22H24ClI3N2O11/c1-9(30)37-8-15(38-10(2)31)19(39-11(3)32)21(35)28(22(36)27(4)6-12(33)7-29)18-14(25)5-13(24)16(17(18)26)20(23)34/h5,12,15,19,29,33H,6-8H2,1-4H3. The minimum Gasteiger partial charge on any atom is -0.462 e. The molecule has 0 heterocycles. The van der Waals surface area contributed by atoms with Crippen molar-refractivity contribution in [1.29, 1.82) is 0 Å². The molecule has 1 aromatic rings. The van der Waals surface area contributed by atoms with Crippen LogP contribution in [0.4, 0.5) is 10.5 Å². The molecule has 0 aliphatic heterocycles. The third kappa shape index (κ3) is 10.2. The summed E-state index contributed by atoms with van der Waals surface area (Å²) in [5, 5.41) is 18.2. The van der Waals surface area contributed by atoms with E-state index in [9.17, 15) is 39.0 Å². The van der Waals surface area contributed by atoms with Gasteiger partial charge in [0.25, 0.3) is 11.1 Å². The maximum absolute atomic E-state index is 14.0. The van der Waals surface area contributed by atoms with Gasteiger partial charge in [0.1, 0.15) is 6.61 Å². The van der Waals surface area contributed by atoms with Gasteiger partial charge in [0.2, 0.25) is 6.10 Å². The number of anilines is 1. The van der Waals surface area contributed by atoms with Gasteiger partial charge in [-0.05, 0) is 85.4 Å². The van der Waals surface area contributed by atoms with Gasteiger partial charge in [0, 0.05) is 35.0 Å². The van der Waals surface area contributed by atoms with Gasteiger partial charge in [-0.3, -0.25) is 24.0 Å². The average Bonchev–Trinajstić information content (AvgIpc) is 2.80. The van der Waals surface area contributed by atoms with E-state index in [0.717, 1.165) is 25.7 Å². The molecule has 0 saturated heterocycles. The number of amides is 3. The molecule has 0 aromatic heterocycles. The zero-order valence-electron chi connectivity index (χ0n) is 20.9. The van der Waals surface area contributed by atoms with E-state index in [1.807, 2.05) is 45.2 Å². The predicted octanol–water partition coefficient (Wildman–Crippen LogP) is 2.04. The van der Waals surface area contributed by atoms with Crippen molar-refractivity contribution in [3.8, 4) is 0 Å². The van der Waals surface area contributed by atoms with Crippen LogP contribution < -0.4 is 4.90 Å². The molecule has 3 atom stereocenters. The zero-order chi connectivity index (χ0) is 30.2. The lowest BCUT2D eigenvalue weighted by Crippen LogP contribution is -2.56. The van der Waals surface area contributed by atoms with E-state index in [1.54, 1.807) is 22.6 Å². The quantitative estimate of drug-likeness (QED) is 0.144. The van der Waals surface area contributed by atoms with Gasteiger partial charge >= 0.3 is 23.9 Å². The minimum atomic E-state index is -1.99. The second-order valence-corrected chi connectivity index (χ2v) is 11.6. The van der Waals surface area contributed by atoms with Crippen LogP contribution in [0.5, 0.6) is 0 Å². The number of hydrogen-bond acceptors (Lipinski definition) is 11. The molecule has 0 aliphatic rings. The van der Waals surface area contributed by atoms with Gasteiger partial charge < -0.3 is 29.3 Å². The van der Waals surface area contributed by atoms with Crippen molar-refractivity contribution in [2.45, 2.75) is 39.1 Å². The van der Waals surface area contributed by atoms with Crippen LogP contribution in [0.1, 0.15) is 31.1 Å². The van der Waals surface area contributed by atoms with Crippen LogP contribution in [0.3, 0.4) is 0 Å². The molecule has 1 aromatic carbocycles. The van der Waals surface area contributed by atoms with Crippen molar-refractivity contribution in [3.63, 3.8) is 0 Å². The van der Waals surface area contributed by atoms with Crippen molar-refractivity contribution >= 4 is 120 Å². The Hall–Kier alpha value is -1.36. The number of esters is 3. The Bertz CT molecular complexity index is 1150. The molecule has 3 amide bonds. The van der Waals surface area contributed by atoms with Gasteiger partial charge in [-0.25, -0.2) is 9.69 Å². The van der Waals surface area contributed by atoms with E-state index >= 15 is 0 Å². The summed E-state index contributed by atoms with van der Waals surface area (Å²) in [5.41, 5.74) is -0.135. The van der Waals surface area contributed by atoms with E-state index in [-0.39, 0.29) is 14.8 Å². The summed E-state index contributed by atoms with van der Waals surface area (Å²) in [6.45, 7) is 1.22. The summed E-state index contributed by atoms with van der Waals surface area (Å²) in [7, 11) is 1.23. The number of halogens is 4. The second-order valence-electron chi connectivity index (χ2n) is 7.81. The highest BCUT2D eigenvalue weighted by atomic mass is 127. The summed E-state index contributed by atoms with van der Waals surface area (Å²) in [6, 6.07) is 0.414. The van der Waals surface area contributed by atoms with Crippen LogP contribution in [-0.4, -0.2) is 95.3 Å². The fourth-order valence-corrected chi connectivity index (χ4v) is 7.93. The number of ether oxygens (including phenoxy) is 3. The van der Waals surface area contributed by atoms with E-state index in [2.05, 4.69) is 0 Å². The Morgan fingerprint density at radius 1 is 0.974 bits per heavy atom. The summed E-state index contributed by atoms with van der Waals surface area (Å²) in [4.78, 5) is 76.7. The van der Waals surface area contributed by atoms with Gasteiger partial charge in [0.15, 0.2) is 6.10 Å². The third-order valence-corrected chi connectivity index (χ3v) is 7.55. The number of rotatable bonds is 11. The Morgan fingerprint density at radius 3 is 2.00 bits per heavy atom. The predicted molar refractivity (Wildman–Crippen MR) is 161 cm³/mol. The van der Waals surface area contributed by atoms with Crippen molar-refractivity contribution in [1.82, 2.24) is 4.90 Å². The number of imide groups is 1. The molecule has 2 N–H and O–H groups in total. The Labute approximate surface area is 269 Å². The number of benzene rings is 1. The van der Waals surface area contributed by atoms with Crippen molar-refractivity contribution < 1.29 is 53.2 Å². The highest BCUT2D eigenvalue weighted by Gasteiger charge is 2.43. The van der Waals surface area contributed by atoms with Crippen molar-refractivity contribution in [2.75, 3.05) is 31.7 Å². The number of urea groups is 1. The Balaban J connectivity index is 3.92. The smallest absolute Gasteiger partial charge is 0.331 e. The Kier molecular flexibility index (Phi) is 14.8. The van der Waals surface area contributed by atoms with Crippen LogP contribution in [0.25, 0.3) is 0 Å². The SMILES string of the molecule is CC(=O)OCC(OC(C)=O)C(OC(C)=O)C(=O)N(C(=O)N(C)CC(O)CO)c1c(I)cc(I)c(C(=O)Cl)c1I. The van der Waals surface area contributed by atoms with E-state index in [1.165, 1.54) is 13.1 Å². The fourth-order valence-electron chi connectivity index (χ4n) is 3.08. The summed E-state index contributed by atoms with van der Waals surface area (Å²) >= 11 is 11.2. The van der Waals surface area contributed by atoms with Crippen LogP contribution in [0.2, 0.25) is 0 Å². The number of likely N-dealkylation sites (N-methyl/N-ethyl adjacent to an activating group) is 1. The molecule has 17 heteroatoms. The van der Waals surface area contributed by atoms with Crippen LogP contribution in [0, 0.1) is 10.7 Å². The number of aliphatic hydroxyl groups excluding tert-OH is 2. The molecule has 39 heavy (non-hydrogen) atoms. The fraction of sp³-hybridized carbons (Fsp3) is 0.455. The zero-order valence-corrected chi connectivity index (χ0v) is 28.1. The van der Waals surface area contributed by atoms with Crippen LogP contribution in [-0.2, 0) is 33.4 Å². The van der Waals surface area contributed by atoms with E-state index in [4.69, 9.17) is 25.8 Å². The highest BCUT2D eigenvalue weighted by molar-refractivity contribution is 14.1. The number of carbonyl (C=O) groups excluding carboxylic acids is 6. The topological polar surface area (TPSA) is 177 Å². The maximum Gasteiger partial charge on any atom is 0.331 e. The first-order chi connectivity index (χ1) is 18.0. The van der Waals surface area contributed by atoms with Crippen molar-refractivity contribution in [3.05, 3.63) is 22.3 Å². The third-order valence-electron chi connectivity index (χ3n) is 4.64. The molecule has 0 radical (unpaired) electrons. The molecule has 1 rings (SSSR count). The van der Waals surface area contributed by atoms with E-state index in [0.29, 0.717) is 12.0 Å². The molecular formula is C22H24ClI3N2O11. The summed E-state index contributed by atoms with van der Waals surface area (Å²) < 4.78 is 16.0. The average molecular weight is 909 g/mol. The lowest BCUT2D eigenvalue weighted by atomic mass is 10.1. The summed E-state index contributed by atoms with van der Waals surface area (Å²) in [5.74, 6) is -3.93. The molecule has 0 fully saturated rings. The molecule has 216 valence electrons. The van der Waals surface area contributed by atoms with E-state index < -0.39 is 73.2 Å². The molecule has 0 spiro atoms. The van der Waals surface area contributed by atoms with Gasteiger partial charge in [0.05, 0.1) is 34.1 Å². The van der Waals surface area contributed by atoms with Gasteiger partial charge in [-0.1, -0.05) is 0 Å². The molecule has 0 aliphatic carbocycles. The molecule has 3 unspecified atom stereocenters. The molecule has 13 nitrogen and oxygen atoms in total. The molecular weight excluding hydrogens is 884 g/mol. The van der Waals surface area contributed by atoms with Crippen LogP contribution >= 0.6 is 79.4 Å². The summed E-state index contributed by atoms with van der Waals surface area (Å²) in [6.07, 6.45) is -5.03. The largest absolute Gasteiger partial charge is 0.462 e. The maximum atomic E-state index is 14.0. The first-order valence-electron chi connectivity index (χ1n) is 10.8. The number of nitrogens with zero attached hydrogens (tertiary/aromatic N) is 2. The van der Waals surface area contributed by atoms with Crippen molar-refractivity contribution in [2.24, 2.45) is 0 Å². The number of aliphatic hydroxyl groups is 2.